The smallest absolute Gasteiger partial charge is 0.323 e. The van der Waals surface area contributed by atoms with Crippen LogP contribution >= 0.6 is 11.3 Å². The van der Waals surface area contributed by atoms with E-state index in [0.717, 1.165) is 16.6 Å². The van der Waals surface area contributed by atoms with Crippen LogP contribution in [0.1, 0.15) is 5.69 Å². The normalized spacial score (nSPS) is 13.6. The summed E-state index contributed by atoms with van der Waals surface area (Å²) in [5.41, 5.74) is 3.51. The van der Waals surface area contributed by atoms with Gasteiger partial charge in [-0.3, -0.25) is 9.69 Å². The van der Waals surface area contributed by atoms with Crippen LogP contribution in [-0.2, 0) is 11.2 Å². The third kappa shape index (κ3) is 3.97. The van der Waals surface area contributed by atoms with Crippen LogP contribution in [0.4, 0.5) is 20.0 Å². The number of aromatic nitrogens is 3. The molecule has 3 amide bonds. The van der Waals surface area contributed by atoms with Crippen molar-refractivity contribution >= 4 is 45.1 Å². The van der Waals surface area contributed by atoms with Gasteiger partial charge in [0.2, 0.25) is 5.91 Å². The van der Waals surface area contributed by atoms with Crippen LogP contribution in [-0.4, -0.2) is 40.0 Å². The summed E-state index contributed by atoms with van der Waals surface area (Å²) in [5.74, 6) is 0.112. The number of halogens is 1. The lowest BCUT2D eigenvalue weighted by molar-refractivity contribution is -0.115. The highest BCUT2D eigenvalue weighted by molar-refractivity contribution is 7.14. The van der Waals surface area contributed by atoms with Crippen LogP contribution in [0.5, 0.6) is 0 Å². The predicted molar refractivity (Wildman–Crippen MR) is 117 cm³/mol. The minimum atomic E-state index is -0.305. The number of hydrogen-bond acceptors (Lipinski definition) is 5. The van der Waals surface area contributed by atoms with Crippen molar-refractivity contribution < 1.29 is 14.0 Å². The fourth-order valence-electron chi connectivity index (χ4n) is 3.36. The molecule has 1 fully saturated rings. The van der Waals surface area contributed by atoms with Crippen molar-refractivity contribution in [1.29, 1.82) is 0 Å². The van der Waals surface area contributed by atoms with Crippen molar-refractivity contribution in [2.45, 2.75) is 6.42 Å². The summed E-state index contributed by atoms with van der Waals surface area (Å²) in [6.07, 6.45) is 0.105. The first-order chi connectivity index (χ1) is 15.0. The van der Waals surface area contributed by atoms with Crippen molar-refractivity contribution in [3.05, 3.63) is 59.4 Å². The maximum Gasteiger partial charge on any atom is 0.323 e. The van der Waals surface area contributed by atoms with Gasteiger partial charge in [0, 0.05) is 29.7 Å². The minimum Gasteiger partial charge on any atom is -0.338 e. The molecule has 1 aliphatic rings. The maximum absolute atomic E-state index is 13.1. The van der Waals surface area contributed by atoms with E-state index in [0.29, 0.717) is 35.4 Å². The number of H-pyrrole nitrogens is 1. The molecule has 8 nitrogen and oxygen atoms in total. The van der Waals surface area contributed by atoms with Gasteiger partial charge in [-0.25, -0.2) is 19.2 Å². The van der Waals surface area contributed by atoms with Gasteiger partial charge >= 0.3 is 6.03 Å². The van der Waals surface area contributed by atoms with Crippen LogP contribution in [0, 0.1) is 5.82 Å². The molecule has 0 bridgehead atoms. The Kier molecular flexibility index (Phi) is 4.83. The van der Waals surface area contributed by atoms with Gasteiger partial charge < -0.3 is 15.6 Å². The van der Waals surface area contributed by atoms with Gasteiger partial charge in [0.05, 0.1) is 23.1 Å². The molecule has 5 rings (SSSR count). The highest BCUT2D eigenvalue weighted by Crippen LogP contribution is 2.24. The van der Waals surface area contributed by atoms with Gasteiger partial charge in [0.25, 0.3) is 0 Å². The molecule has 0 radical (unpaired) electrons. The second-order valence-corrected chi connectivity index (χ2v) is 7.89. The molecular formula is C21H17FN6O2S. The molecule has 31 heavy (non-hydrogen) atoms. The van der Waals surface area contributed by atoms with Gasteiger partial charge in [0.1, 0.15) is 11.6 Å². The van der Waals surface area contributed by atoms with Crippen molar-refractivity contribution in [1.82, 2.24) is 20.3 Å². The quantitative estimate of drug-likeness (QED) is 0.445. The summed E-state index contributed by atoms with van der Waals surface area (Å²) < 4.78 is 13.1. The highest BCUT2D eigenvalue weighted by Gasteiger charge is 2.24. The van der Waals surface area contributed by atoms with E-state index in [4.69, 9.17) is 0 Å². The summed E-state index contributed by atoms with van der Waals surface area (Å²) in [6, 6.07) is 11.3. The molecule has 1 aliphatic heterocycles. The van der Waals surface area contributed by atoms with E-state index in [1.807, 2.05) is 0 Å². The van der Waals surface area contributed by atoms with Crippen LogP contribution in [0.2, 0.25) is 0 Å². The first-order valence-corrected chi connectivity index (χ1v) is 10.5. The number of hydrogen-bond donors (Lipinski definition) is 3. The van der Waals surface area contributed by atoms with Crippen LogP contribution in [0.3, 0.4) is 0 Å². The van der Waals surface area contributed by atoms with Crippen LogP contribution in [0.15, 0.2) is 47.8 Å². The molecule has 1 saturated heterocycles. The van der Waals surface area contributed by atoms with E-state index in [1.54, 1.807) is 40.6 Å². The SMILES string of the molecule is O=C(Cc1csc(N2CCNC2=O)n1)Nc1ccc2nc(-c3ccc(F)cc3)[nH]c2c1. The number of carbonyl (C=O) groups is 2. The lowest BCUT2D eigenvalue weighted by Crippen LogP contribution is -2.27. The predicted octanol–water partition coefficient (Wildman–Crippen LogP) is 3.54. The van der Waals surface area contributed by atoms with Crippen molar-refractivity contribution in [3.63, 3.8) is 0 Å². The summed E-state index contributed by atoms with van der Waals surface area (Å²) in [5, 5.41) is 7.96. The summed E-state index contributed by atoms with van der Waals surface area (Å²) in [4.78, 5) is 37.9. The monoisotopic (exact) mass is 436 g/mol. The standard InChI is InChI=1S/C21H17FN6O2S/c22-13-3-1-12(2-4-13)19-26-16-6-5-14(9-17(16)27-19)24-18(29)10-15-11-31-21(25-15)28-8-7-23-20(28)30/h1-6,9,11H,7-8,10H2,(H,23,30)(H,24,29)(H,26,27). The average molecular weight is 436 g/mol. The molecule has 0 atom stereocenters. The van der Waals surface area contributed by atoms with Crippen molar-refractivity contribution in [2.24, 2.45) is 0 Å². The molecule has 0 saturated carbocycles. The maximum atomic E-state index is 13.1. The second kappa shape index (κ2) is 7.80. The van der Waals surface area contributed by atoms with E-state index >= 15 is 0 Å². The first-order valence-electron chi connectivity index (χ1n) is 9.60. The molecule has 3 heterocycles. The third-order valence-corrected chi connectivity index (χ3v) is 5.76. The first kappa shape index (κ1) is 19.2. The molecular weight excluding hydrogens is 419 g/mol. The van der Waals surface area contributed by atoms with Crippen LogP contribution < -0.4 is 15.5 Å². The van der Waals surface area contributed by atoms with Gasteiger partial charge in [-0.2, -0.15) is 0 Å². The van der Waals surface area contributed by atoms with E-state index < -0.39 is 0 Å². The molecule has 0 unspecified atom stereocenters. The fraction of sp³-hybridized carbons (Fsp3) is 0.143. The molecule has 10 heteroatoms. The molecule has 3 N–H and O–H groups in total. The fourth-order valence-corrected chi connectivity index (χ4v) is 4.21. The van der Waals surface area contributed by atoms with E-state index in [2.05, 4.69) is 25.6 Å². The Balaban J connectivity index is 1.28. The number of aromatic amines is 1. The van der Waals surface area contributed by atoms with Gasteiger partial charge in [0.15, 0.2) is 5.13 Å². The third-order valence-electron chi connectivity index (χ3n) is 4.85. The number of anilines is 2. The Morgan fingerprint density at radius 1 is 1.19 bits per heavy atom. The van der Waals surface area contributed by atoms with E-state index in [1.165, 1.54) is 23.5 Å². The number of nitrogens with zero attached hydrogens (tertiary/aromatic N) is 3. The number of fused-ring (bicyclic) bond motifs is 1. The lowest BCUT2D eigenvalue weighted by Gasteiger charge is -2.08. The molecule has 4 aromatic rings. The molecule has 0 aliphatic carbocycles. The molecule has 0 spiro atoms. The largest absolute Gasteiger partial charge is 0.338 e. The van der Waals surface area contributed by atoms with Gasteiger partial charge in [-0.15, -0.1) is 11.3 Å². The molecule has 2 aromatic heterocycles. The Morgan fingerprint density at radius 3 is 2.81 bits per heavy atom. The number of rotatable bonds is 5. The Morgan fingerprint density at radius 2 is 2.03 bits per heavy atom. The van der Waals surface area contributed by atoms with Crippen molar-refractivity contribution in [2.75, 3.05) is 23.3 Å². The Hall–Kier alpha value is -3.79. The van der Waals surface area contributed by atoms with E-state index in [9.17, 15) is 14.0 Å². The lowest BCUT2D eigenvalue weighted by atomic mass is 10.2. The summed E-state index contributed by atoms with van der Waals surface area (Å²) >= 11 is 1.34. The van der Waals surface area contributed by atoms with Gasteiger partial charge in [-0.05, 0) is 42.5 Å². The molecule has 2 aromatic carbocycles. The number of thiazole rings is 1. The van der Waals surface area contributed by atoms with Crippen molar-refractivity contribution in [3.8, 4) is 11.4 Å². The number of imidazole rings is 1. The number of amides is 3. The average Bonchev–Trinajstić information content (AvgIpc) is 3.47. The number of benzene rings is 2. The second-order valence-electron chi connectivity index (χ2n) is 7.05. The van der Waals surface area contributed by atoms with Gasteiger partial charge in [-0.1, -0.05) is 0 Å². The highest BCUT2D eigenvalue weighted by atomic mass is 32.1. The summed E-state index contributed by atoms with van der Waals surface area (Å²) in [6.45, 7) is 1.16. The number of nitrogens with one attached hydrogen (secondary N) is 3. The molecule has 156 valence electrons. The zero-order chi connectivity index (χ0) is 21.4. The zero-order valence-corrected chi connectivity index (χ0v) is 17.0. The minimum absolute atomic E-state index is 0.105. The topological polar surface area (TPSA) is 103 Å². The Labute approximate surface area is 180 Å². The zero-order valence-electron chi connectivity index (χ0n) is 16.2. The number of carbonyl (C=O) groups excluding carboxylic acids is 2. The van der Waals surface area contributed by atoms with Crippen LogP contribution in [0.25, 0.3) is 22.4 Å². The number of urea groups is 1. The summed E-state index contributed by atoms with van der Waals surface area (Å²) in [7, 11) is 0. The Bertz CT molecular complexity index is 1280. The van der Waals surface area contributed by atoms with E-state index in [-0.39, 0.29) is 24.2 Å².